The van der Waals surface area contributed by atoms with Gasteiger partial charge in [-0.15, -0.1) is 0 Å². The molecule has 1 fully saturated rings. The van der Waals surface area contributed by atoms with Crippen molar-refractivity contribution in [1.82, 2.24) is 14.2 Å². The summed E-state index contributed by atoms with van der Waals surface area (Å²) in [5.74, 6) is 0. The molecule has 0 aromatic carbocycles. The number of hydrogen-bond donors (Lipinski definition) is 1. The molecule has 1 aromatic heterocycles. The fourth-order valence-electron chi connectivity index (χ4n) is 2.82. The Balaban J connectivity index is 2.31. The lowest BCUT2D eigenvalue weighted by Crippen LogP contribution is -2.38. The highest BCUT2D eigenvalue weighted by Crippen LogP contribution is 2.25. The van der Waals surface area contributed by atoms with Crippen LogP contribution in [0.4, 0.5) is 0 Å². The summed E-state index contributed by atoms with van der Waals surface area (Å²) in [6.07, 6.45) is 5.87. The highest BCUT2D eigenvalue weighted by molar-refractivity contribution is 7.89. The molecule has 1 atom stereocenters. The summed E-state index contributed by atoms with van der Waals surface area (Å²) < 4.78 is 29.2. The smallest absolute Gasteiger partial charge is 0.244 e. The second-order valence-electron chi connectivity index (χ2n) is 5.62. The standard InChI is InChI=1S/C14H25N3O2S/c1-12-7-5-4-6-8-17(12)20(18,19)14-9-13(10-15-2)16(3)11-14/h9,11-12,15H,4-8,10H2,1-3H3. The van der Waals surface area contributed by atoms with Gasteiger partial charge < -0.3 is 9.88 Å². The van der Waals surface area contributed by atoms with E-state index >= 15 is 0 Å². The summed E-state index contributed by atoms with van der Waals surface area (Å²) in [4.78, 5) is 0.416. The van der Waals surface area contributed by atoms with Gasteiger partial charge in [-0.3, -0.25) is 0 Å². The van der Waals surface area contributed by atoms with Gasteiger partial charge in [0.15, 0.2) is 0 Å². The predicted molar refractivity (Wildman–Crippen MR) is 80.0 cm³/mol. The zero-order chi connectivity index (χ0) is 14.8. The van der Waals surface area contributed by atoms with Gasteiger partial charge in [-0.25, -0.2) is 8.42 Å². The zero-order valence-corrected chi connectivity index (χ0v) is 13.4. The van der Waals surface area contributed by atoms with Crippen molar-refractivity contribution in [1.29, 1.82) is 0 Å². The molecule has 0 radical (unpaired) electrons. The largest absolute Gasteiger partial charge is 0.352 e. The quantitative estimate of drug-likeness (QED) is 0.920. The van der Waals surface area contributed by atoms with Gasteiger partial charge in [-0.05, 0) is 32.9 Å². The molecule has 5 nitrogen and oxygen atoms in total. The minimum absolute atomic E-state index is 0.0930. The summed E-state index contributed by atoms with van der Waals surface area (Å²) in [5.41, 5.74) is 0.980. The molecule has 114 valence electrons. The first-order valence-corrected chi connectivity index (χ1v) is 8.72. The van der Waals surface area contributed by atoms with Gasteiger partial charge in [0.05, 0.1) is 0 Å². The fraction of sp³-hybridized carbons (Fsp3) is 0.714. The van der Waals surface area contributed by atoms with Crippen LogP contribution in [0.2, 0.25) is 0 Å². The number of nitrogens with one attached hydrogen (secondary N) is 1. The zero-order valence-electron chi connectivity index (χ0n) is 12.6. The molecular weight excluding hydrogens is 274 g/mol. The van der Waals surface area contributed by atoms with E-state index in [1.54, 1.807) is 16.6 Å². The van der Waals surface area contributed by atoms with Crippen molar-refractivity contribution < 1.29 is 8.42 Å². The van der Waals surface area contributed by atoms with Crippen molar-refractivity contribution in [2.75, 3.05) is 13.6 Å². The van der Waals surface area contributed by atoms with Crippen molar-refractivity contribution in [2.45, 2.75) is 50.1 Å². The van der Waals surface area contributed by atoms with Crippen molar-refractivity contribution in [3.05, 3.63) is 18.0 Å². The number of rotatable bonds is 4. The third kappa shape index (κ3) is 3.07. The first-order chi connectivity index (χ1) is 9.46. The topological polar surface area (TPSA) is 54.3 Å². The molecule has 1 aliphatic rings. The van der Waals surface area contributed by atoms with Gasteiger partial charge >= 0.3 is 0 Å². The number of nitrogens with zero attached hydrogens (tertiary/aromatic N) is 2. The SMILES string of the molecule is CNCc1cc(S(=O)(=O)N2CCCCCC2C)cn1C. The van der Waals surface area contributed by atoms with E-state index in [1.807, 2.05) is 25.6 Å². The van der Waals surface area contributed by atoms with Gasteiger partial charge in [-0.2, -0.15) is 4.31 Å². The second-order valence-corrected chi connectivity index (χ2v) is 7.51. The van der Waals surface area contributed by atoms with Crippen molar-refractivity contribution >= 4 is 10.0 Å². The molecule has 1 saturated heterocycles. The van der Waals surface area contributed by atoms with E-state index in [0.717, 1.165) is 31.4 Å². The Morgan fingerprint density at radius 2 is 2.10 bits per heavy atom. The van der Waals surface area contributed by atoms with Gasteiger partial charge in [0.2, 0.25) is 10.0 Å². The monoisotopic (exact) mass is 299 g/mol. The molecule has 6 heteroatoms. The van der Waals surface area contributed by atoms with Gasteiger partial charge in [0.1, 0.15) is 4.90 Å². The highest BCUT2D eigenvalue weighted by atomic mass is 32.2. The molecule has 20 heavy (non-hydrogen) atoms. The van der Waals surface area contributed by atoms with Crippen LogP contribution in [-0.2, 0) is 23.6 Å². The Morgan fingerprint density at radius 3 is 2.80 bits per heavy atom. The van der Waals surface area contributed by atoms with Crippen LogP contribution in [0.5, 0.6) is 0 Å². The molecule has 1 aromatic rings. The van der Waals surface area contributed by atoms with E-state index in [-0.39, 0.29) is 6.04 Å². The molecule has 0 aliphatic carbocycles. The Hall–Kier alpha value is -0.850. The van der Waals surface area contributed by atoms with Crippen LogP contribution < -0.4 is 5.32 Å². The molecule has 1 aliphatic heterocycles. The van der Waals surface area contributed by atoms with E-state index in [9.17, 15) is 8.42 Å². The van der Waals surface area contributed by atoms with Crippen molar-refractivity contribution in [3.8, 4) is 0 Å². The van der Waals surface area contributed by atoms with Crippen LogP contribution in [0.15, 0.2) is 17.2 Å². The molecule has 1 unspecified atom stereocenters. The molecule has 0 amide bonds. The first kappa shape index (κ1) is 15.5. The fourth-order valence-corrected chi connectivity index (χ4v) is 4.61. The minimum atomic E-state index is -3.37. The van der Waals surface area contributed by atoms with Crippen molar-refractivity contribution in [2.24, 2.45) is 7.05 Å². The van der Waals surface area contributed by atoms with Crippen molar-refractivity contribution in [3.63, 3.8) is 0 Å². The molecule has 2 heterocycles. The molecule has 1 N–H and O–H groups in total. The van der Waals surface area contributed by atoms with Gasteiger partial charge in [0, 0.05) is 38.1 Å². The average molecular weight is 299 g/mol. The van der Waals surface area contributed by atoms with Crippen LogP contribution in [-0.4, -0.2) is 36.9 Å². The van der Waals surface area contributed by atoms with Gasteiger partial charge in [0.25, 0.3) is 0 Å². The molecule has 0 bridgehead atoms. The summed E-state index contributed by atoms with van der Waals surface area (Å²) in [5, 5.41) is 3.06. The maximum atomic E-state index is 12.8. The lowest BCUT2D eigenvalue weighted by Gasteiger charge is -2.25. The Bertz CT molecular complexity index is 551. The minimum Gasteiger partial charge on any atom is -0.352 e. The summed E-state index contributed by atoms with van der Waals surface area (Å²) in [6, 6.07) is 1.87. The third-order valence-electron chi connectivity index (χ3n) is 4.04. The van der Waals surface area contributed by atoms with E-state index in [4.69, 9.17) is 0 Å². The lowest BCUT2D eigenvalue weighted by molar-refractivity contribution is 0.342. The molecule has 0 saturated carbocycles. The van der Waals surface area contributed by atoms with Crippen LogP contribution in [0.25, 0.3) is 0 Å². The highest BCUT2D eigenvalue weighted by Gasteiger charge is 2.30. The number of aryl methyl sites for hydroxylation is 1. The second kappa shape index (κ2) is 6.28. The van der Waals surface area contributed by atoms with Gasteiger partial charge in [-0.1, -0.05) is 12.8 Å². The van der Waals surface area contributed by atoms with Crippen LogP contribution in [0.3, 0.4) is 0 Å². The molecule has 0 spiro atoms. The van der Waals surface area contributed by atoms with E-state index < -0.39 is 10.0 Å². The summed E-state index contributed by atoms with van der Waals surface area (Å²) in [6.45, 7) is 3.32. The maximum absolute atomic E-state index is 12.8. The van der Waals surface area contributed by atoms with Crippen LogP contribution >= 0.6 is 0 Å². The number of hydrogen-bond acceptors (Lipinski definition) is 3. The normalized spacial score (nSPS) is 21.9. The van der Waals surface area contributed by atoms with E-state index in [2.05, 4.69) is 5.32 Å². The average Bonchev–Trinajstić information content (AvgIpc) is 2.62. The predicted octanol–water partition coefficient (Wildman–Crippen LogP) is 1.70. The summed E-state index contributed by atoms with van der Waals surface area (Å²) in [7, 11) is 0.376. The van der Waals surface area contributed by atoms with E-state index in [0.29, 0.717) is 18.0 Å². The third-order valence-corrected chi connectivity index (χ3v) is 6.02. The van der Waals surface area contributed by atoms with Crippen LogP contribution in [0.1, 0.15) is 38.3 Å². The number of sulfonamides is 1. The van der Waals surface area contributed by atoms with E-state index in [1.165, 1.54) is 0 Å². The molecular formula is C14H25N3O2S. The van der Waals surface area contributed by atoms with Crippen LogP contribution in [0, 0.1) is 0 Å². The molecule has 2 rings (SSSR count). The Labute approximate surface area is 122 Å². The lowest BCUT2D eigenvalue weighted by atomic mass is 10.1. The Morgan fingerprint density at radius 1 is 1.35 bits per heavy atom. The summed E-state index contributed by atoms with van der Waals surface area (Å²) >= 11 is 0. The maximum Gasteiger partial charge on any atom is 0.244 e. The first-order valence-electron chi connectivity index (χ1n) is 7.28. The number of aromatic nitrogens is 1. The Kier molecular flexibility index (Phi) is 4.88.